The van der Waals surface area contributed by atoms with Gasteiger partial charge in [-0.2, -0.15) is 0 Å². The van der Waals surface area contributed by atoms with Crippen molar-refractivity contribution in [1.29, 1.82) is 0 Å². The van der Waals surface area contributed by atoms with Crippen LogP contribution in [-0.4, -0.2) is 27.7 Å². The van der Waals surface area contributed by atoms with Crippen LogP contribution in [0.3, 0.4) is 0 Å². The summed E-state index contributed by atoms with van der Waals surface area (Å²) in [6.07, 6.45) is 1.46. The molecule has 0 aliphatic heterocycles. The Morgan fingerprint density at radius 1 is 1.47 bits per heavy atom. The van der Waals surface area contributed by atoms with Crippen LogP contribution in [0.4, 0.5) is 0 Å². The molecule has 108 valence electrons. The number of aliphatic hydroxyl groups is 1. The van der Waals surface area contributed by atoms with Crippen LogP contribution in [0.1, 0.15) is 38.8 Å². The molecular formula is C13H22N2O3S. The fraction of sp³-hybridized carbons (Fsp3) is 0.692. The molecule has 0 saturated carbocycles. The van der Waals surface area contributed by atoms with E-state index in [2.05, 4.69) is 5.32 Å². The van der Waals surface area contributed by atoms with Crippen LogP contribution in [-0.2, 0) is 11.3 Å². The zero-order valence-corrected chi connectivity index (χ0v) is 12.5. The lowest BCUT2D eigenvalue weighted by Crippen LogP contribution is -2.42. The SMILES string of the molecule is CCC(O)(CC)CNC(=O)CCn1c(C)csc1=O. The number of aromatic nitrogens is 1. The van der Waals surface area contributed by atoms with E-state index < -0.39 is 5.60 Å². The molecular weight excluding hydrogens is 264 g/mol. The topological polar surface area (TPSA) is 71.3 Å². The van der Waals surface area contributed by atoms with Gasteiger partial charge in [-0.05, 0) is 19.8 Å². The zero-order chi connectivity index (χ0) is 14.5. The van der Waals surface area contributed by atoms with Crippen molar-refractivity contribution in [3.05, 3.63) is 20.7 Å². The number of rotatable bonds is 7. The van der Waals surface area contributed by atoms with Crippen molar-refractivity contribution in [3.8, 4) is 0 Å². The van der Waals surface area contributed by atoms with Crippen molar-refractivity contribution in [1.82, 2.24) is 9.88 Å². The zero-order valence-electron chi connectivity index (χ0n) is 11.7. The molecule has 0 radical (unpaired) electrons. The number of amides is 1. The Labute approximate surface area is 117 Å². The summed E-state index contributed by atoms with van der Waals surface area (Å²) in [5, 5.41) is 14.6. The summed E-state index contributed by atoms with van der Waals surface area (Å²) in [7, 11) is 0. The van der Waals surface area contributed by atoms with Crippen molar-refractivity contribution >= 4 is 17.2 Å². The molecule has 0 saturated heterocycles. The standard InChI is InChI=1S/C13H22N2O3S/c1-4-13(18,5-2)9-14-11(16)6-7-15-10(3)8-19-12(15)17/h8,18H,4-7,9H2,1-3H3,(H,14,16). The van der Waals surface area contributed by atoms with Gasteiger partial charge < -0.3 is 15.0 Å². The Kier molecular flexibility index (Phi) is 5.75. The number of carbonyl (C=O) groups is 1. The third kappa shape index (κ3) is 4.47. The van der Waals surface area contributed by atoms with Crippen LogP contribution < -0.4 is 10.2 Å². The molecule has 0 atom stereocenters. The minimum Gasteiger partial charge on any atom is -0.388 e. The smallest absolute Gasteiger partial charge is 0.307 e. The highest BCUT2D eigenvalue weighted by molar-refractivity contribution is 7.07. The first-order valence-corrected chi connectivity index (χ1v) is 7.44. The Morgan fingerprint density at radius 2 is 2.11 bits per heavy atom. The molecule has 0 spiro atoms. The van der Waals surface area contributed by atoms with Gasteiger partial charge in [-0.3, -0.25) is 9.59 Å². The van der Waals surface area contributed by atoms with Gasteiger partial charge in [0, 0.05) is 30.6 Å². The molecule has 0 fully saturated rings. The van der Waals surface area contributed by atoms with Gasteiger partial charge >= 0.3 is 4.87 Å². The molecule has 1 rings (SSSR count). The molecule has 0 aliphatic carbocycles. The highest BCUT2D eigenvalue weighted by Crippen LogP contribution is 2.12. The van der Waals surface area contributed by atoms with E-state index in [-0.39, 0.29) is 23.7 Å². The molecule has 1 aromatic heterocycles. The van der Waals surface area contributed by atoms with E-state index in [9.17, 15) is 14.7 Å². The number of thiazole rings is 1. The molecule has 0 bridgehead atoms. The first-order chi connectivity index (χ1) is 8.91. The summed E-state index contributed by atoms with van der Waals surface area (Å²) in [5.41, 5.74) is 0.0477. The largest absolute Gasteiger partial charge is 0.388 e. The fourth-order valence-corrected chi connectivity index (χ4v) is 2.50. The van der Waals surface area contributed by atoms with Crippen molar-refractivity contribution in [2.45, 2.75) is 52.2 Å². The summed E-state index contributed by atoms with van der Waals surface area (Å²) in [4.78, 5) is 23.1. The van der Waals surface area contributed by atoms with E-state index >= 15 is 0 Å². The van der Waals surface area contributed by atoms with Crippen molar-refractivity contribution in [2.75, 3.05) is 6.54 Å². The molecule has 2 N–H and O–H groups in total. The van der Waals surface area contributed by atoms with Gasteiger partial charge in [-0.25, -0.2) is 0 Å². The highest BCUT2D eigenvalue weighted by Gasteiger charge is 2.22. The van der Waals surface area contributed by atoms with Gasteiger partial charge in [0.2, 0.25) is 5.91 Å². The van der Waals surface area contributed by atoms with Crippen LogP contribution in [0.5, 0.6) is 0 Å². The molecule has 0 aromatic carbocycles. The molecule has 1 heterocycles. The Bertz CT molecular complexity index is 474. The average Bonchev–Trinajstić information content (AvgIpc) is 2.73. The molecule has 6 heteroatoms. The maximum atomic E-state index is 11.7. The summed E-state index contributed by atoms with van der Waals surface area (Å²) < 4.78 is 1.59. The molecule has 19 heavy (non-hydrogen) atoms. The molecule has 0 unspecified atom stereocenters. The summed E-state index contributed by atoms with van der Waals surface area (Å²) >= 11 is 1.14. The molecule has 0 aliphatic rings. The summed E-state index contributed by atoms with van der Waals surface area (Å²) in [6.45, 7) is 6.28. The van der Waals surface area contributed by atoms with E-state index in [0.29, 0.717) is 19.4 Å². The number of aryl methyl sites for hydroxylation is 1. The second-order valence-electron chi connectivity index (χ2n) is 4.75. The Morgan fingerprint density at radius 3 is 2.58 bits per heavy atom. The fourth-order valence-electron chi connectivity index (χ4n) is 1.74. The lowest BCUT2D eigenvalue weighted by Gasteiger charge is -2.25. The third-order valence-corrected chi connectivity index (χ3v) is 4.35. The number of nitrogens with one attached hydrogen (secondary N) is 1. The first-order valence-electron chi connectivity index (χ1n) is 6.56. The number of hydrogen-bond acceptors (Lipinski definition) is 4. The van der Waals surface area contributed by atoms with Crippen LogP contribution in [0.15, 0.2) is 10.2 Å². The van der Waals surface area contributed by atoms with Crippen molar-refractivity contribution < 1.29 is 9.90 Å². The van der Waals surface area contributed by atoms with Crippen LogP contribution in [0, 0.1) is 6.92 Å². The summed E-state index contributed by atoms with van der Waals surface area (Å²) in [5.74, 6) is -0.141. The second-order valence-corrected chi connectivity index (χ2v) is 5.57. The van der Waals surface area contributed by atoms with Crippen molar-refractivity contribution in [2.24, 2.45) is 0 Å². The Hall–Kier alpha value is -1.14. The third-order valence-electron chi connectivity index (χ3n) is 3.47. The van der Waals surface area contributed by atoms with Gasteiger partial charge in [0.05, 0.1) is 5.60 Å². The first kappa shape index (κ1) is 15.9. The van der Waals surface area contributed by atoms with Gasteiger partial charge in [0.1, 0.15) is 0 Å². The maximum absolute atomic E-state index is 11.7. The number of nitrogens with zero attached hydrogens (tertiary/aromatic N) is 1. The van der Waals surface area contributed by atoms with Gasteiger partial charge in [0.15, 0.2) is 0 Å². The van der Waals surface area contributed by atoms with E-state index in [1.165, 1.54) is 0 Å². The van der Waals surface area contributed by atoms with Crippen LogP contribution in [0.25, 0.3) is 0 Å². The van der Waals surface area contributed by atoms with Crippen LogP contribution >= 0.6 is 11.3 Å². The highest BCUT2D eigenvalue weighted by atomic mass is 32.1. The average molecular weight is 286 g/mol. The quantitative estimate of drug-likeness (QED) is 0.793. The molecule has 1 aromatic rings. The van der Waals surface area contributed by atoms with E-state index in [0.717, 1.165) is 17.0 Å². The minimum absolute atomic E-state index is 0.0380. The van der Waals surface area contributed by atoms with Gasteiger partial charge in [0.25, 0.3) is 0 Å². The van der Waals surface area contributed by atoms with Gasteiger partial charge in [-0.1, -0.05) is 25.2 Å². The van der Waals surface area contributed by atoms with E-state index in [4.69, 9.17) is 0 Å². The minimum atomic E-state index is -0.829. The van der Waals surface area contributed by atoms with E-state index in [1.807, 2.05) is 20.8 Å². The Balaban J connectivity index is 2.43. The predicted octanol–water partition coefficient (Wildman–Crippen LogP) is 1.28. The molecule has 1 amide bonds. The van der Waals surface area contributed by atoms with Crippen LogP contribution in [0.2, 0.25) is 0 Å². The second kappa shape index (κ2) is 6.86. The normalized spacial score (nSPS) is 11.6. The lowest BCUT2D eigenvalue weighted by molar-refractivity contribution is -0.122. The van der Waals surface area contributed by atoms with Gasteiger partial charge in [-0.15, -0.1) is 0 Å². The molecule has 5 nitrogen and oxygen atoms in total. The lowest BCUT2D eigenvalue weighted by atomic mass is 9.97. The number of carbonyl (C=O) groups excluding carboxylic acids is 1. The van der Waals surface area contributed by atoms with E-state index in [1.54, 1.807) is 9.95 Å². The van der Waals surface area contributed by atoms with Crippen molar-refractivity contribution in [3.63, 3.8) is 0 Å². The summed E-state index contributed by atoms with van der Waals surface area (Å²) in [6, 6.07) is 0. The monoisotopic (exact) mass is 286 g/mol. The maximum Gasteiger partial charge on any atom is 0.307 e. The predicted molar refractivity (Wildman–Crippen MR) is 76.5 cm³/mol. The number of hydrogen-bond donors (Lipinski definition) is 2.